The van der Waals surface area contributed by atoms with Crippen molar-refractivity contribution in [3.63, 3.8) is 0 Å². The summed E-state index contributed by atoms with van der Waals surface area (Å²) in [6, 6.07) is 2.55. The molecule has 2 aromatic rings. The van der Waals surface area contributed by atoms with Crippen LogP contribution in [0.3, 0.4) is 0 Å². The van der Waals surface area contributed by atoms with Crippen molar-refractivity contribution in [1.29, 1.82) is 0 Å². The third-order valence-corrected chi connectivity index (χ3v) is 4.28. The van der Waals surface area contributed by atoms with Gasteiger partial charge >= 0.3 is 12.4 Å². The van der Waals surface area contributed by atoms with Crippen LogP contribution < -0.4 is 10.6 Å². The van der Waals surface area contributed by atoms with E-state index >= 15 is 0 Å². The lowest BCUT2D eigenvalue weighted by Crippen LogP contribution is -2.19. The number of nitrogens with zero attached hydrogens (tertiary/aromatic N) is 2. The van der Waals surface area contributed by atoms with Crippen molar-refractivity contribution in [2.24, 2.45) is 0 Å². The molecule has 1 aliphatic carbocycles. The normalized spacial score (nSPS) is 15.7. The molecule has 1 fully saturated rings. The van der Waals surface area contributed by atoms with Crippen molar-refractivity contribution in [3.8, 4) is 0 Å². The van der Waals surface area contributed by atoms with Crippen molar-refractivity contribution < 1.29 is 30.7 Å². The van der Waals surface area contributed by atoms with E-state index in [9.17, 15) is 30.7 Å². The predicted octanol–water partition coefficient (Wildman–Crippen LogP) is 5.75. The summed E-state index contributed by atoms with van der Waals surface area (Å²) in [5, 5.41) is 4.80. The molecule has 0 bridgehead atoms. The maximum atomic E-state index is 14.0. The maximum Gasteiger partial charge on any atom is 0.433 e. The van der Waals surface area contributed by atoms with Crippen LogP contribution in [-0.4, -0.2) is 16.0 Å². The van der Waals surface area contributed by atoms with Crippen molar-refractivity contribution in [3.05, 3.63) is 41.3 Å². The number of para-hydroxylation sites is 1. The molecule has 3 rings (SSSR count). The Kier molecular flexibility index (Phi) is 5.35. The zero-order valence-electron chi connectivity index (χ0n) is 14.3. The second-order valence-corrected chi connectivity index (χ2v) is 6.37. The Balaban J connectivity index is 2.00. The number of benzene rings is 1. The van der Waals surface area contributed by atoms with Crippen LogP contribution in [0, 0.1) is 5.82 Å². The summed E-state index contributed by atoms with van der Waals surface area (Å²) in [6.07, 6.45) is -6.54. The Morgan fingerprint density at radius 2 is 1.61 bits per heavy atom. The number of anilines is 3. The van der Waals surface area contributed by atoms with Gasteiger partial charge in [-0.2, -0.15) is 31.3 Å². The molecule has 152 valence electrons. The van der Waals surface area contributed by atoms with E-state index in [1.807, 2.05) is 5.32 Å². The van der Waals surface area contributed by atoms with E-state index < -0.39 is 40.9 Å². The monoisotopic (exact) mass is 408 g/mol. The number of hydrogen-bond acceptors (Lipinski definition) is 4. The lowest BCUT2D eigenvalue weighted by molar-refractivity contribution is -0.141. The fourth-order valence-corrected chi connectivity index (χ4v) is 2.99. The molecule has 11 heteroatoms. The molecule has 1 aromatic carbocycles. The van der Waals surface area contributed by atoms with Gasteiger partial charge in [-0.1, -0.05) is 18.9 Å². The van der Waals surface area contributed by atoms with Gasteiger partial charge in [0.25, 0.3) is 0 Å². The number of halogens is 7. The topological polar surface area (TPSA) is 49.8 Å². The summed E-state index contributed by atoms with van der Waals surface area (Å²) >= 11 is 0. The smallest absolute Gasteiger partial charge is 0.351 e. The van der Waals surface area contributed by atoms with Crippen LogP contribution >= 0.6 is 0 Å². The number of aromatic nitrogens is 2. The molecule has 1 aliphatic rings. The predicted molar refractivity (Wildman–Crippen MR) is 87.6 cm³/mol. The minimum absolute atomic E-state index is 0.129. The second-order valence-electron chi connectivity index (χ2n) is 6.37. The first kappa shape index (κ1) is 20.2. The maximum absolute atomic E-state index is 14.0. The molecule has 0 amide bonds. The van der Waals surface area contributed by atoms with E-state index in [2.05, 4.69) is 15.3 Å². The van der Waals surface area contributed by atoms with Gasteiger partial charge in [-0.05, 0) is 25.0 Å². The fraction of sp³-hybridized carbons (Fsp3) is 0.412. The molecule has 2 N–H and O–H groups in total. The quantitative estimate of drug-likeness (QED) is 0.633. The number of rotatable bonds is 4. The summed E-state index contributed by atoms with van der Waals surface area (Å²) in [5.41, 5.74) is -3.71. The lowest BCUT2D eigenvalue weighted by Gasteiger charge is -2.18. The molecular formula is C17H15F7N4. The first-order valence-corrected chi connectivity index (χ1v) is 8.39. The fourth-order valence-electron chi connectivity index (χ4n) is 2.99. The Hall–Kier alpha value is -2.59. The summed E-state index contributed by atoms with van der Waals surface area (Å²) in [5.74, 6) is -2.25. The lowest BCUT2D eigenvalue weighted by atomic mass is 10.1. The standard InChI is InChI=1S/C17H15F7N4/c18-11-7-3-6-10(16(19,20)21)14(11)27-13-8-12(17(22,23)24)26-15(28-13)25-9-4-1-2-5-9/h3,6-9H,1-2,4-5H2,(H2,25,26,27,28). The molecule has 1 saturated carbocycles. The number of nitrogens with one attached hydrogen (secondary N) is 2. The first-order valence-electron chi connectivity index (χ1n) is 8.39. The van der Waals surface area contributed by atoms with Crippen molar-refractivity contribution in [2.45, 2.75) is 44.1 Å². The van der Waals surface area contributed by atoms with Gasteiger partial charge in [-0.25, -0.2) is 9.37 Å². The van der Waals surface area contributed by atoms with E-state index in [0.29, 0.717) is 25.0 Å². The van der Waals surface area contributed by atoms with Crippen LogP contribution in [0.5, 0.6) is 0 Å². The van der Waals surface area contributed by atoms with Crippen molar-refractivity contribution >= 4 is 17.5 Å². The summed E-state index contributed by atoms with van der Waals surface area (Å²) in [7, 11) is 0. The third-order valence-electron chi connectivity index (χ3n) is 4.28. The molecule has 0 unspecified atom stereocenters. The van der Waals surface area contributed by atoms with E-state index in [-0.39, 0.29) is 12.0 Å². The van der Waals surface area contributed by atoms with E-state index in [4.69, 9.17) is 0 Å². The second kappa shape index (κ2) is 7.44. The summed E-state index contributed by atoms with van der Waals surface area (Å²) < 4.78 is 92.8. The van der Waals surface area contributed by atoms with Crippen LogP contribution in [0.25, 0.3) is 0 Å². The third kappa shape index (κ3) is 4.63. The first-order chi connectivity index (χ1) is 13.0. The average Bonchev–Trinajstić information content (AvgIpc) is 3.07. The molecule has 0 radical (unpaired) electrons. The molecule has 4 nitrogen and oxygen atoms in total. The highest BCUT2D eigenvalue weighted by atomic mass is 19.4. The van der Waals surface area contributed by atoms with Crippen LogP contribution in [0.4, 0.5) is 48.2 Å². The molecule has 0 atom stereocenters. The zero-order chi connectivity index (χ0) is 20.5. The largest absolute Gasteiger partial charge is 0.433 e. The van der Waals surface area contributed by atoms with Gasteiger partial charge in [0.2, 0.25) is 5.95 Å². The molecule has 1 aromatic heterocycles. The Bertz CT molecular complexity index is 842. The van der Waals surface area contributed by atoms with Gasteiger partial charge in [0.05, 0.1) is 11.3 Å². The molecule has 0 spiro atoms. The minimum Gasteiger partial charge on any atom is -0.351 e. The molecule has 0 aliphatic heterocycles. The van der Waals surface area contributed by atoms with E-state index in [1.165, 1.54) is 0 Å². The highest BCUT2D eigenvalue weighted by Crippen LogP contribution is 2.38. The molecule has 1 heterocycles. The van der Waals surface area contributed by atoms with Crippen molar-refractivity contribution in [1.82, 2.24) is 9.97 Å². The van der Waals surface area contributed by atoms with Gasteiger partial charge in [0.1, 0.15) is 11.6 Å². The van der Waals surface area contributed by atoms with Crippen LogP contribution in [-0.2, 0) is 12.4 Å². The highest BCUT2D eigenvalue weighted by molar-refractivity contribution is 5.63. The summed E-state index contributed by atoms with van der Waals surface area (Å²) in [4.78, 5) is 7.20. The van der Waals surface area contributed by atoms with Gasteiger partial charge < -0.3 is 10.6 Å². The van der Waals surface area contributed by atoms with E-state index in [0.717, 1.165) is 25.0 Å². The zero-order valence-corrected chi connectivity index (χ0v) is 14.3. The summed E-state index contributed by atoms with van der Waals surface area (Å²) in [6.45, 7) is 0. The highest BCUT2D eigenvalue weighted by Gasteiger charge is 2.36. The molecule has 0 saturated heterocycles. The van der Waals surface area contributed by atoms with Gasteiger partial charge in [-0.3, -0.25) is 0 Å². The molecule has 28 heavy (non-hydrogen) atoms. The van der Waals surface area contributed by atoms with Crippen LogP contribution in [0.2, 0.25) is 0 Å². The van der Waals surface area contributed by atoms with Gasteiger partial charge in [0, 0.05) is 12.1 Å². The average molecular weight is 408 g/mol. The van der Waals surface area contributed by atoms with Crippen LogP contribution in [0.1, 0.15) is 36.9 Å². The van der Waals surface area contributed by atoms with Gasteiger partial charge in [-0.15, -0.1) is 0 Å². The Labute approximate surface area is 155 Å². The Morgan fingerprint density at radius 1 is 0.929 bits per heavy atom. The van der Waals surface area contributed by atoms with Crippen molar-refractivity contribution in [2.75, 3.05) is 10.6 Å². The Morgan fingerprint density at radius 3 is 2.21 bits per heavy atom. The van der Waals surface area contributed by atoms with Crippen LogP contribution in [0.15, 0.2) is 24.3 Å². The molecular weight excluding hydrogens is 393 g/mol. The number of hydrogen-bond donors (Lipinski definition) is 2. The minimum atomic E-state index is -4.91. The van der Waals surface area contributed by atoms with Gasteiger partial charge in [0.15, 0.2) is 5.69 Å². The van der Waals surface area contributed by atoms with E-state index in [1.54, 1.807) is 0 Å². The number of alkyl halides is 6. The SMILES string of the molecule is Fc1cccc(C(F)(F)F)c1Nc1cc(C(F)(F)F)nc(NC2CCCC2)n1.